The molecule has 1 saturated heterocycles. The van der Waals surface area contributed by atoms with E-state index in [4.69, 9.17) is 4.74 Å². The smallest absolute Gasteiger partial charge is 0.302 e. The average molecular weight is 264 g/mol. The van der Waals surface area contributed by atoms with E-state index in [-0.39, 0.29) is 6.61 Å². The fraction of sp³-hybridized carbons (Fsp3) is 0.800. The fourth-order valence-corrected chi connectivity index (χ4v) is 1.53. The van der Waals surface area contributed by atoms with Gasteiger partial charge in [-0.05, 0) is 0 Å². The van der Waals surface area contributed by atoms with Gasteiger partial charge in [0.25, 0.3) is 0 Å². The van der Waals surface area contributed by atoms with Crippen molar-refractivity contribution < 1.29 is 39.1 Å². The molecule has 0 spiro atoms. The molecule has 3 N–H and O–H groups in total. The predicted molar refractivity (Wildman–Crippen MR) is 55.1 cm³/mol. The van der Waals surface area contributed by atoms with Crippen LogP contribution in [0, 0.1) is 0 Å². The Morgan fingerprint density at radius 1 is 1.22 bits per heavy atom. The third-order valence-corrected chi connectivity index (χ3v) is 2.46. The van der Waals surface area contributed by atoms with E-state index in [9.17, 15) is 24.9 Å². The van der Waals surface area contributed by atoms with Crippen LogP contribution in [0.5, 0.6) is 0 Å². The minimum atomic E-state index is -2.21. The molecule has 1 rings (SSSR count). The maximum absolute atomic E-state index is 10.6. The van der Waals surface area contributed by atoms with Crippen LogP contribution in [-0.4, -0.2) is 64.6 Å². The molecule has 1 aliphatic heterocycles. The van der Waals surface area contributed by atoms with Gasteiger partial charge in [0.2, 0.25) is 5.79 Å². The molecule has 0 aromatic carbocycles. The first-order chi connectivity index (χ1) is 8.26. The highest BCUT2D eigenvalue weighted by Crippen LogP contribution is 2.29. The van der Waals surface area contributed by atoms with E-state index < -0.39 is 42.6 Å². The first-order valence-corrected chi connectivity index (χ1v) is 5.29. The largest absolute Gasteiger partial charge is 0.463 e. The second kappa shape index (κ2) is 5.61. The lowest BCUT2D eigenvalue weighted by Gasteiger charge is -2.24. The van der Waals surface area contributed by atoms with E-state index in [1.54, 1.807) is 0 Å². The van der Waals surface area contributed by atoms with Crippen molar-refractivity contribution >= 4 is 11.9 Å². The van der Waals surface area contributed by atoms with Gasteiger partial charge >= 0.3 is 11.9 Å². The molecule has 0 bridgehead atoms. The number of carbonyl (C=O) groups excluding carboxylic acids is 2. The zero-order chi connectivity index (χ0) is 13.9. The molecule has 0 saturated carbocycles. The van der Waals surface area contributed by atoms with Crippen molar-refractivity contribution in [3.8, 4) is 0 Å². The SMILES string of the molecule is CC(=O)OC[C@H]1OC(O)(COC(C)=O)[C@@H](O)[C@@H]1O. The Bertz CT molecular complexity index is 330. The molecule has 1 unspecified atom stereocenters. The summed E-state index contributed by atoms with van der Waals surface area (Å²) in [7, 11) is 0. The Balaban J connectivity index is 2.61. The van der Waals surface area contributed by atoms with Crippen molar-refractivity contribution in [1.29, 1.82) is 0 Å². The van der Waals surface area contributed by atoms with E-state index >= 15 is 0 Å². The van der Waals surface area contributed by atoms with E-state index in [1.807, 2.05) is 0 Å². The summed E-state index contributed by atoms with van der Waals surface area (Å²) in [6.07, 6.45) is -4.22. The molecule has 4 atom stereocenters. The van der Waals surface area contributed by atoms with Crippen molar-refractivity contribution in [2.45, 2.75) is 37.9 Å². The maximum atomic E-state index is 10.6. The number of aliphatic hydroxyl groups excluding tert-OH is 2. The summed E-state index contributed by atoms with van der Waals surface area (Å²) in [5.74, 6) is -3.47. The van der Waals surface area contributed by atoms with Crippen LogP contribution in [0.1, 0.15) is 13.8 Å². The minimum absolute atomic E-state index is 0.323. The van der Waals surface area contributed by atoms with Gasteiger partial charge in [-0.3, -0.25) is 9.59 Å². The maximum Gasteiger partial charge on any atom is 0.302 e. The normalized spacial score (nSPS) is 35.3. The van der Waals surface area contributed by atoms with Crippen LogP contribution in [0.25, 0.3) is 0 Å². The molecule has 104 valence electrons. The number of ether oxygens (including phenoxy) is 3. The van der Waals surface area contributed by atoms with Gasteiger partial charge in [0.05, 0.1) is 0 Å². The second-order valence-electron chi connectivity index (χ2n) is 4.02. The molecule has 18 heavy (non-hydrogen) atoms. The standard InChI is InChI=1S/C10H16O8/c1-5(11)16-3-7-8(13)9(14)10(15,18-7)4-17-6(2)12/h7-9,13-15H,3-4H2,1-2H3/t7-,8-,9+,10?/m1/s1. The Labute approximate surface area is 103 Å². The van der Waals surface area contributed by atoms with Gasteiger partial charge in [-0.2, -0.15) is 0 Å². The number of carbonyl (C=O) groups is 2. The zero-order valence-corrected chi connectivity index (χ0v) is 10.0. The van der Waals surface area contributed by atoms with Crippen LogP contribution >= 0.6 is 0 Å². The van der Waals surface area contributed by atoms with Crippen LogP contribution in [0.15, 0.2) is 0 Å². The summed E-state index contributed by atoms with van der Waals surface area (Å²) in [4.78, 5) is 21.2. The molecule has 0 aromatic rings. The number of hydrogen-bond acceptors (Lipinski definition) is 8. The second-order valence-corrected chi connectivity index (χ2v) is 4.02. The van der Waals surface area contributed by atoms with Gasteiger partial charge in [0.15, 0.2) is 0 Å². The third-order valence-electron chi connectivity index (χ3n) is 2.46. The van der Waals surface area contributed by atoms with Gasteiger partial charge in [-0.1, -0.05) is 0 Å². The lowest BCUT2D eigenvalue weighted by molar-refractivity contribution is -0.253. The van der Waals surface area contributed by atoms with Gasteiger partial charge in [0.1, 0.15) is 31.5 Å². The molecular weight excluding hydrogens is 248 g/mol. The zero-order valence-electron chi connectivity index (χ0n) is 10.0. The van der Waals surface area contributed by atoms with Crippen LogP contribution in [0.4, 0.5) is 0 Å². The fourth-order valence-electron chi connectivity index (χ4n) is 1.53. The molecule has 8 heteroatoms. The highest BCUT2D eigenvalue weighted by atomic mass is 16.7. The van der Waals surface area contributed by atoms with E-state index in [1.165, 1.54) is 6.92 Å². The minimum Gasteiger partial charge on any atom is -0.463 e. The van der Waals surface area contributed by atoms with E-state index in [2.05, 4.69) is 9.47 Å². The third kappa shape index (κ3) is 3.39. The topological polar surface area (TPSA) is 123 Å². The van der Waals surface area contributed by atoms with E-state index in [0.717, 1.165) is 6.92 Å². The Hall–Kier alpha value is -1.22. The molecule has 0 aliphatic carbocycles. The van der Waals surface area contributed by atoms with Gasteiger partial charge in [-0.25, -0.2) is 0 Å². The molecule has 1 fully saturated rings. The summed E-state index contributed by atoms with van der Waals surface area (Å²) in [6.45, 7) is 1.34. The van der Waals surface area contributed by atoms with Crippen molar-refractivity contribution in [3.05, 3.63) is 0 Å². The predicted octanol–water partition coefficient (Wildman–Crippen LogP) is -2.08. The first-order valence-electron chi connectivity index (χ1n) is 5.29. The Kier molecular flexibility index (Phi) is 4.63. The Morgan fingerprint density at radius 2 is 1.78 bits per heavy atom. The average Bonchev–Trinajstić information content (AvgIpc) is 2.49. The quantitative estimate of drug-likeness (QED) is 0.494. The number of esters is 2. The molecule has 0 aromatic heterocycles. The molecule has 1 heterocycles. The van der Waals surface area contributed by atoms with Crippen LogP contribution in [-0.2, 0) is 23.8 Å². The van der Waals surface area contributed by atoms with Gasteiger partial charge in [-0.15, -0.1) is 0 Å². The van der Waals surface area contributed by atoms with Gasteiger partial charge in [0, 0.05) is 13.8 Å². The molecule has 1 aliphatic rings. The summed E-state index contributed by atoms with van der Waals surface area (Å²) >= 11 is 0. The summed E-state index contributed by atoms with van der Waals surface area (Å²) in [5.41, 5.74) is 0. The first kappa shape index (κ1) is 14.8. The van der Waals surface area contributed by atoms with Crippen LogP contribution < -0.4 is 0 Å². The highest BCUT2D eigenvalue weighted by molar-refractivity contribution is 5.66. The summed E-state index contributed by atoms with van der Waals surface area (Å²) in [6, 6.07) is 0. The lowest BCUT2D eigenvalue weighted by Crippen LogP contribution is -2.47. The van der Waals surface area contributed by atoms with Crippen LogP contribution in [0.2, 0.25) is 0 Å². The van der Waals surface area contributed by atoms with Gasteiger partial charge < -0.3 is 29.5 Å². The highest BCUT2D eigenvalue weighted by Gasteiger charge is 2.54. The molecule has 0 radical (unpaired) electrons. The number of rotatable bonds is 4. The number of hydrogen-bond donors (Lipinski definition) is 3. The molecular formula is C10H16O8. The molecule has 8 nitrogen and oxygen atoms in total. The molecule has 0 amide bonds. The van der Waals surface area contributed by atoms with Crippen molar-refractivity contribution in [2.75, 3.05) is 13.2 Å². The summed E-state index contributed by atoms with van der Waals surface area (Å²) in [5, 5.41) is 29.1. The lowest BCUT2D eigenvalue weighted by atomic mass is 10.1. The van der Waals surface area contributed by atoms with Crippen molar-refractivity contribution in [2.24, 2.45) is 0 Å². The van der Waals surface area contributed by atoms with Crippen molar-refractivity contribution in [1.82, 2.24) is 0 Å². The van der Waals surface area contributed by atoms with Crippen LogP contribution in [0.3, 0.4) is 0 Å². The summed E-state index contributed by atoms with van der Waals surface area (Å²) < 4.78 is 14.1. The van der Waals surface area contributed by atoms with E-state index in [0.29, 0.717) is 0 Å². The van der Waals surface area contributed by atoms with Crippen molar-refractivity contribution in [3.63, 3.8) is 0 Å². The number of aliphatic hydroxyl groups is 3. The monoisotopic (exact) mass is 264 g/mol. The Morgan fingerprint density at radius 3 is 2.28 bits per heavy atom.